The van der Waals surface area contributed by atoms with Crippen LogP contribution in [0.2, 0.25) is 19.6 Å². The van der Waals surface area contributed by atoms with Crippen LogP contribution in [0.5, 0.6) is 0 Å². The molecule has 2 nitrogen and oxygen atoms in total. The molecule has 0 spiro atoms. The van der Waals surface area contributed by atoms with Gasteiger partial charge >= 0.3 is 5.97 Å². The predicted octanol–water partition coefficient (Wildman–Crippen LogP) is 3.33. The molecule has 0 radical (unpaired) electrons. The summed E-state index contributed by atoms with van der Waals surface area (Å²) in [6.07, 6.45) is 1.64. The van der Waals surface area contributed by atoms with E-state index in [9.17, 15) is 4.79 Å². The molecule has 3 heteroatoms. The molecule has 0 heterocycles. The Morgan fingerprint density at radius 2 is 1.88 bits per heavy atom. The lowest BCUT2D eigenvalue weighted by molar-refractivity contribution is -0.135. The van der Waals surface area contributed by atoms with Gasteiger partial charge in [0.15, 0.2) is 0 Å². The molecule has 0 N–H and O–H groups in total. The topological polar surface area (TPSA) is 26.3 Å². The summed E-state index contributed by atoms with van der Waals surface area (Å²) in [4.78, 5) is 11.9. The lowest BCUT2D eigenvalue weighted by atomic mass is 10.00. The number of hydrogen-bond donors (Lipinski definition) is 0. The van der Waals surface area contributed by atoms with Crippen molar-refractivity contribution < 1.29 is 9.22 Å². The van der Waals surface area contributed by atoms with E-state index in [4.69, 9.17) is 4.43 Å². The maximum absolute atomic E-state index is 11.9. The van der Waals surface area contributed by atoms with Gasteiger partial charge in [0.1, 0.15) is 0 Å². The fourth-order valence-electron chi connectivity index (χ4n) is 1.39. The van der Waals surface area contributed by atoms with Crippen molar-refractivity contribution in [2.45, 2.75) is 25.6 Å². The highest BCUT2D eigenvalue weighted by atomic mass is 28.4. The Labute approximate surface area is 98.1 Å². The van der Waals surface area contributed by atoms with Crippen molar-refractivity contribution in [3.05, 3.63) is 48.6 Å². The van der Waals surface area contributed by atoms with E-state index in [2.05, 4.69) is 6.58 Å². The molecular weight excluding hydrogens is 216 g/mol. The summed E-state index contributed by atoms with van der Waals surface area (Å²) in [5.41, 5.74) is 0.931. The van der Waals surface area contributed by atoms with Crippen molar-refractivity contribution in [3.8, 4) is 0 Å². The van der Waals surface area contributed by atoms with Crippen molar-refractivity contribution in [2.75, 3.05) is 0 Å². The van der Waals surface area contributed by atoms with Gasteiger partial charge in [0, 0.05) is 0 Å². The van der Waals surface area contributed by atoms with Crippen LogP contribution >= 0.6 is 0 Å². The molecule has 0 saturated heterocycles. The number of hydrogen-bond acceptors (Lipinski definition) is 2. The first-order valence-corrected chi connectivity index (χ1v) is 8.75. The molecule has 0 bridgehead atoms. The Balaban J connectivity index is 2.84. The van der Waals surface area contributed by atoms with E-state index in [0.717, 1.165) is 5.56 Å². The minimum Gasteiger partial charge on any atom is -0.519 e. The van der Waals surface area contributed by atoms with E-state index in [1.165, 1.54) is 0 Å². The third-order valence-electron chi connectivity index (χ3n) is 2.06. The molecule has 1 aromatic carbocycles. The van der Waals surface area contributed by atoms with Crippen LogP contribution in [0.25, 0.3) is 0 Å². The van der Waals surface area contributed by atoms with Crippen molar-refractivity contribution in [1.82, 2.24) is 0 Å². The van der Waals surface area contributed by atoms with Crippen molar-refractivity contribution in [3.63, 3.8) is 0 Å². The standard InChI is InChI=1S/C13H18O2Si/c1-5-12(11-9-7-6-8-10-11)13(14)15-16(2,3)4/h5-10,12H,1H2,2-4H3. The monoisotopic (exact) mass is 234 g/mol. The quantitative estimate of drug-likeness (QED) is 0.590. The predicted molar refractivity (Wildman–Crippen MR) is 68.8 cm³/mol. The SMILES string of the molecule is C=CC(C(=O)O[Si](C)(C)C)c1ccccc1. The minimum absolute atomic E-state index is 0.194. The highest BCUT2D eigenvalue weighted by molar-refractivity contribution is 6.71. The summed E-state index contributed by atoms with van der Waals surface area (Å²) < 4.78 is 5.47. The minimum atomic E-state index is -1.83. The van der Waals surface area contributed by atoms with Crippen LogP contribution in [-0.2, 0) is 9.22 Å². The molecule has 0 fully saturated rings. The van der Waals surface area contributed by atoms with Crippen LogP contribution in [0.3, 0.4) is 0 Å². The normalized spacial score (nSPS) is 12.9. The third kappa shape index (κ3) is 3.66. The van der Waals surface area contributed by atoms with Gasteiger partial charge in [0.05, 0.1) is 5.92 Å². The van der Waals surface area contributed by atoms with Gasteiger partial charge in [-0.2, -0.15) is 0 Å². The summed E-state index contributed by atoms with van der Waals surface area (Å²) >= 11 is 0. The first-order valence-electron chi connectivity index (χ1n) is 5.34. The van der Waals surface area contributed by atoms with Gasteiger partial charge in [-0.1, -0.05) is 36.4 Å². The molecule has 16 heavy (non-hydrogen) atoms. The Hall–Kier alpha value is -1.35. The molecule has 0 aliphatic carbocycles. The Morgan fingerprint density at radius 3 is 2.31 bits per heavy atom. The van der Waals surface area contributed by atoms with Gasteiger partial charge < -0.3 is 4.43 Å². The second-order valence-electron chi connectivity index (χ2n) is 4.66. The van der Waals surface area contributed by atoms with E-state index < -0.39 is 8.32 Å². The molecule has 0 aliphatic rings. The first-order chi connectivity index (χ1) is 7.44. The van der Waals surface area contributed by atoms with Crippen molar-refractivity contribution in [1.29, 1.82) is 0 Å². The average molecular weight is 234 g/mol. The van der Waals surface area contributed by atoms with Crippen LogP contribution < -0.4 is 0 Å². The summed E-state index contributed by atoms with van der Waals surface area (Å²) in [6.45, 7) is 9.69. The molecule has 1 rings (SSSR count). The molecule has 1 atom stereocenters. The van der Waals surface area contributed by atoms with Crippen LogP contribution in [0.4, 0.5) is 0 Å². The number of carbonyl (C=O) groups is 1. The van der Waals surface area contributed by atoms with Crippen molar-refractivity contribution in [2.24, 2.45) is 0 Å². The smallest absolute Gasteiger partial charge is 0.303 e. The maximum atomic E-state index is 11.9. The van der Waals surface area contributed by atoms with Crippen LogP contribution in [0, 0.1) is 0 Å². The Kier molecular flexibility index (Phi) is 4.07. The molecule has 1 unspecified atom stereocenters. The van der Waals surface area contributed by atoms with Crippen LogP contribution in [0.15, 0.2) is 43.0 Å². The lowest BCUT2D eigenvalue weighted by Gasteiger charge is -2.21. The second-order valence-corrected chi connectivity index (χ2v) is 9.09. The highest BCUT2D eigenvalue weighted by Crippen LogP contribution is 2.20. The molecule has 0 aromatic heterocycles. The summed E-state index contributed by atoms with van der Waals surface area (Å²) in [5, 5.41) is 0. The van der Waals surface area contributed by atoms with Gasteiger partial charge in [-0.25, -0.2) is 0 Å². The fraction of sp³-hybridized carbons (Fsp3) is 0.308. The molecule has 1 aromatic rings. The zero-order valence-corrected chi connectivity index (χ0v) is 11.1. The van der Waals surface area contributed by atoms with E-state index in [-0.39, 0.29) is 11.9 Å². The summed E-state index contributed by atoms with van der Waals surface area (Å²) in [7, 11) is -1.83. The maximum Gasteiger partial charge on any atom is 0.303 e. The van der Waals surface area contributed by atoms with Crippen LogP contribution in [0.1, 0.15) is 11.5 Å². The van der Waals surface area contributed by atoms with Gasteiger partial charge in [0.25, 0.3) is 0 Å². The van der Waals surface area contributed by atoms with E-state index >= 15 is 0 Å². The molecule has 0 saturated carbocycles. The van der Waals surface area contributed by atoms with Gasteiger partial charge in [-0.05, 0) is 25.2 Å². The van der Waals surface area contributed by atoms with Crippen molar-refractivity contribution >= 4 is 14.3 Å². The molecule has 0 aliphatic heterocycles. The van der Waals surface area contributed by atoms with Gasteiger partial charge in [-0.15, -0.1) is 6.58 Å². The summed E-state index contributed by atoms with van der Waals surface area (Å²) in [6, 6.07) is 9.57. The zero-order valence-electron chi connectivity index (χ0n) is 10.1. The van der Waals surface area contributed by atoms with E-state index in [0.29, 0.717) is 0 Å². The summed E-state index contributed by atoms with van der Waals surface area (Å²) in [5.74, 6) is -0.548. The molecule has 0 amide bonds. The largest absolute Gasteiger partial charge is 0.519 e. The van der Waals surface area contributed by atoms with E-state index in [1.54, 1.807) is 6.08 Å². The number of carbonyl (C=O) groups excluding carboxylic acids is 1. The van der Waals surface area contributed by atoms with Crippen LogP contribution in [-0.4, -0.2) is 14.3 Å². The zero-order chi connectivity index (χ0) is 12.2. The lowest BCUT2D eigenvalue weighted by Crippen LogP contribution is -2.31. The number of benzene rings is 1. The van der Waals surface area contributed by atoms with Gasteiger partial charge in [0.2, 0.25) is 8.32 Å². The molecular formula is C13H18O2Si. The first kappa shape index (κ1) is 12.7. The Bertz CT molecular complexity index is 365. The Morgan fingerprint density at radius 1 is 1.31 bits per heavy atom. The average Bonchev–Trinajstić information content (AvgIpc) is 2.17. The molecule has 86 valence electrons. The third-order valence-corrected chi connectivity index (χ3v) is 2.87. The second kappa shape index (κ2) is 5.12. The fourth-order valence-corrected chi connectivity index (χ4v) is 2.12. The van der Waals surface area contributed by atoms with E-state index in [1.807, 2.05) is 50.0 Å². The number of rotatable bonds is 4. The highest BCUT2D eigenvalue weighted by Gasteiger charge is 2.25. The van der Waals surface area contributed by atoms with Gasteiger partial charge in [-0.3, -0.25) is 4.79 Å².